The van der Waals surface area contributed by atoms with Crippen molar-refractivity contribution in [2.45, 2.75) is 6.61 Å². The zero-order valence-electron chi connectivity index (χ0n) is 13.2. The van der Waals surface area contributed by atoms with Crippen molar-refractivity contribution in [2.24, 2.45) is 0 Å². The molecular formula is C20H14F2N2O. The second kappa shape index (κ2) is 6.36. The second-order valence-electron chi connectivity index (χ2n) is 5.64. The number of hydrogen-bond donors (Lipinski definition) is 1. The summed E-state index contributed by atoms with van der Waals surface area (Å²) < 4.78 is 32.3. The number of hydrogen-bond acceptors (Lipinski definition) is 2. The van der Waals surface area contributed by atoms with Crippen LogP contribution in [0.5, 0.6) is 5.75 Å². The molecule has 1 aromatic heterocycles. The highest BCUT2D eigenvalue weighted by Crippen LogP contribution is 2.23. The first-order valence-corrected chi connectivity index (χ1v) is 7.81. The minimum atomic E-state index is -0.976. The highest BCUT2D eigenvalue weighted by atomic mass is 19.2. The van der Waals surface area contributed by atoms with E-state index in [-0.39, 0.29) is 12.4 Å². The maximum absolute atomic E-state index is 13.7. The summed E-state index contributed by atoms with van der Waals surface area (Å²) in [4.78, 5) is 7.83. The van der Waals surface area contributed by atoms with Crippen LogP contribution in [0.1, 0.15) is 5.56 Å². The number of rotatable bonds is 4. The Kier molecular flexibility index (Phi) is 3.90. The van der Waals surface area contributed by atoms with Crippen molar-refractivity contribution in [3.05, 3.63) is 83.9 Å². The lowest BCUT2D eigenvalue weighted by atomic mass is 10.1. The average molecular weight is 336 g/mol. The molecule has 1 heterocycles. The Morgan fingerprint density at radius 2 is 1.76 bits per heavy atom. The molecule has 3 aromatic carbocycles. The number of benzene rings is 3. The molecule has 0 radical (unpaired) electrons. The highest BCUT2D eigenvalue weighted by molar-refractivity contribution is 5.79. The minimum Gasteiger partial charge on any atom is -0.486 e. The van der Waals surface area contributed by atoms with E-state index in [2.05, 4.69) is 9.97 Å². The summed E-state index contributed by atoms with van der Waals surface area (Å²) in [7, 11) is 0. The Labute approximate surface area is 142 Å². The number of fused-ring (bicyclic) bond motifs is 1. The van der Waals surface area contributed by atoms with Crippen LogP contribution in [-0.4, -0.2) is 9.97 Å². The van der Waals surface area contributed by atoms with Crippen LogP contribution in [0.15, 0.2) is 66.7 Å². The second-order valence-corrected chi connectivity index (χ2v) is 5.64. The molecule has 5 heteroatoms. The van der Waals surface area contributed by atoms with Gasteiger partial charge in [0.1, 0.15) is 12.4 Å². The lowest BCUT2D eigenvalue weighted by Gasteiger charge is -2.08. The molecule has 0 amide bonds. The van der Waals surface area contributed by atoms with E-state index in [0.29, 0.717) is 0 Å². The number of imidazole rings is 1. The summed E-state index contributed by atoms with van der Waals surface area (Å²) in [6, 6.07) is 19.3. The molecule has 1 N–H and O–H groups in total. The van der Waals surface area contributed by atoms with Crippen LogP contribution >= 0.6 is 0 Å². The lowest BCUT2D eigenvalue weighted by molar-refractivity contribution is 0.284. The molecule has 4 rings (SSSR count). The van der Waals surface area contributed by atoms with Crippen LogP contribution in [0, 0.1) is 11.6 Å². The fourth-order valence-corrected chi connectivity index (χ4v) is 2.65. The molecule has 3 nitrogen and oxygen atoms in total. The number of halogens is 2. The predicted molar refractivity (Wildman–Crippen MR) is 92.2 cm³/mol. The summed E-state index contributed by atoms with van der Waals surface area (Å²) in [5, 5.41) is 0. The first kappa shape index (κ1) is 15.3. The molecule has 124 valence electrons. The van der Waals surface area contributed by atoms with Gasteiger partial charge in [-0.25, -0.2) is 9.37 Å². The van der Waals surface area contributed by atoms with Crippen LogP contribution in [0.25, 0.3) is 22.4 Å². The van der Waals surface area contributed by atoms with Crippen molar-refractivity contribution in [1.29, 1.82) is 0 Å². The number of H-pyrrole nitrogens is 1. The normalized spacial score (nSPS) is 11.0. The number of aromatic nitrogens is 2. The monoisotopic (exact) mass is 336 g/mol. The van der Waals surface area contributed by atoms with Crippen LogP contribution in [0.4, 0.5) is 8.78 Å². The number of nitrogens with zero attached hydrogens (tertiary/aromatic N) is 1. The Morgan fingerprint density at radius 3 is 2.64 bits per heavy atom. The van der Waals surface area contributed by atoms with Gasteiger partial charge in [-0.2, -0.15) is 4.39 Å². The Bertz CT molecular complexity index is 1010. The fourth-order valence-electron chi connectivity index (χ4n) is 2.65. The molecule has 25 heavy (non-hydrogen) atoms. The van der Waals surface area contributed by atoms with Crippen molar-refractivity contribution in [2.75, 3.05) is 0 Å². The van der Waals surface area contributed by atoms with Crippen LogP contribution in [-0.2, 0) is 6.61 Å². The molecule has 0 saturated carbocycles. The van der Waals surface area contributed by atoms with E-state index in [1.165, 1.54) is 12.1 Å². The van der Waals surface area contributed by atoms with Gasteiger partial charge in [0.2, 0.25) is 5.82 Å². The molecule has 0 aliphatic rings. The first-order chi connectivity index (χ1) is 12.2. The minimum absolute atomic E-state index is 0.103. The summed E-state index contributed by atoms with van der Waals surface area (Å²) in [5.74, 6) is -1.25. The standard InChI is InChI=1S/C20H14F2N2O/c21-15-7-4-10-18(19(15)22)25-12-13-5-3-6-14(11-13)20-23-16-8-1-2-9-17(16)24-20/h1-11H,12H2,(H,23,24). The zero-order chi connectivity index (χ0) is 17.2. The van der Waals surface area contributed by atoms with Gasteiger partial charge in [0.05, 0.1) is 11.0 Å². The molecular weight excluding hydrogens is 322 g/mol. The number of aromatic amines is 1. The highest BCUT2D eigenvalue weighted by Gasteiger charge is 2.10. The van der Waals surface area contributed by atoms with Gasteiger partial charge in [-0.05, 0) is 35.9 Å². The number of para-hydroxylation sites is 2. The summed E-state index contributed by atoms with van der Waals surface area (Å²) >= 11 is 0. The third kappa shape index (κ3) is 3.08. The zero-order valence-corrected chi connectivity index (χ0v) is 13.2. The molecule has 0 spiro atoms. The largest absolute Gasteiger partial charge is 0.486 e. The van der Waals surface area contributed by atoms with Gasteiger partial charge in [-0.15, -0.1) is 0 Å². The van der Waals surface area contributed by atoms with Gasteiger partial charge < -0.3 is 9.72 Å². The van der Waals surface area contributed by atoms with Gasteiger partial charge in [0, 0.05) is 5.56 Å². The quantitative estimate of drug-likeness (QED) is 0.564. The third-order valence-corrected chi connectivity index (χ3v) is 3.90. The SMILES string of the molecule is Fc1cccc(OCc2cccc(-c3nc4ccccc4[nH]3)c2)c1F. The molecule has 0 atom stereocenters. The van der Waals surface area contributed by atoms with E-state index >= 15 is 0 Å². The van der Waals surface area contributed by atoms with Crippen molar-refractivity contribution >= 4 is 11.0 Å². The molecule has 0 unspecified atom stereocenters. The van der Waals surface area contributed by atoms with Gasteiger partial charge >= 0.3 is 0 Å². The van der Waals surface area contributed by atoms with Gasteiger partial charge in [0.15, 0.2) is 11.6 Å². The molecule has 0 bridgehead atoms. The topological polar surface area (TPSA) is 37.9 Å². The number of ether oxygens (including phenoxy) is 1. The van der Waals surface area contributed by atoms with E-state index in [0.717, 1.165) is 34.1 Å². The van der Waals surface area contributed by atoms with E-state index in [9.17, 15) is 8.78 Å². The van der Waals surface area contributed by atoms with Crippen molar-refractivity contribution in [3.8, 4) is 17.1 Å². The lowest BCUT2D eigenvalue weighted by Crippen LogP contribution is -1.99. The number of nitrogens with one attached hydrogen (secondary N) is 1. The average Bonchev–Trinajstić information content (AvgIpc) is 3.07. The van der Waals surface area contributed by atoms with Crippen LogP contribution in [0.3, 0.4) is 0 Å². The third-order valence-electron chi connectivity index (χ3n) is 3.90. The van der Waals surface area contributed by atoms with Crippen molar-refractivity contribution < 1.29 is 13.5 Å². The predicted octanol–water partition coefficient (Wildman–Crippen LogP) is 5.09. The first-order valence-electron chi connectivity index (χ1n) is 7.81. The molecule has 0 fully saturated rings. The Balaban J connectivity index is 1.58. The summed E-state index contributed by atoms with van der Waals surface area (Å²) in [6.45, 7) is 0.133. The van der Waals surface area contributed by atoms with Gasteiger partial charge in [0.25, 0.3) is 0 Å². The molecule has 0 aliphatic heterocycles. The van der Waals surface area contributed by atoms with Crippen LogP contribution < -0.4 is 4.74 Å². The molecule has 0 aliphatic carbocycles. The van der Waals surface area contributed by atoms with E-state index in [1.807, 2.05) is 48.5 Å². The van der Waals surface area contributed by atoms with E-state index in [1.54, 1.807) is 0 Å². The van der Waals surface area contributed by atoms with E-state index in [4.69, 9.17) is 4.74 Å². The van der Waals surface area contributed by atoms with Crippen LogP contribution in [0.2, 0.25) is 0 Å². The maximum Gasteiger partial charge on any atom is 0.200 e. The van der Waals surface area contributed by atoms with Crippen molar-refractivity contribution in [1.82, 2.24) is 9.97 Å². The Morgan fingerprint density at radius 1 is 0.920 bits per heavy atom. The van der Waals surface area contributed by atoms with E-state index < -0.39 is 11.6 Å². The molecule has 4 aromatic rings. The van der Waals surface area contributed by atoms with Gasteiger partial charge in [-0.1, -0.05) is 36.4 Å². The van der Waals surface area contributed by atoms with Crippen molar-refractivity contribution in [3.63, 3.8) is 0 Å². The Hall–Kier alpha value is -3.21. The smallest absolute Gasteiger partial charge is 0.200 e. The van der Waals surface area contributed by atoms with Gasteiger partial charge in [-0.3, -0.25) is 0 Å². The maximum atomic E-state index is 13.7. The fraction of sp³-hybridized carbons (Fsp3) is 0.0500. The summed E-state index contributed by atoms with van der Waals surface area (Å²) in [6.07, 6.45) is 0. The summed E-state index contributed by atoms with van der Waals surface area (Å²) in [5.41, 5.74) is 3.58. The molecule has 0 saturated heterocycles.